The van der Waals surface area contributed by atoms with Crippen molar-refractivity contribution in [1.82, 2.24) is 5.43 Å². The minimum Gasteiger partial charge on any atom is -0.273 e. The van der Waals surface area contributed by atoms with Gasteiger partial charge in [-0.2, -0.15) is 5.10 Å². The average Bonchev–Trinajstić information content (AvgIpc) is 2.23. The third-order valence-electron chi connectivity index (χ3n) is 2.16. The maximum Gasteiger partial charge on any atom is 0.240 e. The lowest BCUT2D eigenvalue weighted by Gasteiger charge is -2.12. The zero-order valence-corrected chi connectivity index (χ0v) is 8.51. The van der Waals surface area contributed by atoms with Crippen LogP contribution in [0.3, 0.4) is 0 Å². The van der Waals surface area contributed by atoms with E-state index < -0.39 is 5.82 Å². The number of hydrogen-bond donors (Lipinski definition) is 1. The highest BCUT2D eigenvalue weighted by Crippen LogP contribution is 2.18. The molecule has 78 valence electrons. The van der Waals surface area contributed by atoms with Crippen LogP contribution >= 0.6 is 11.6 Å². The van der Waals surface area contributed by atoms with Gasteiger partial charge in [0.25, 0.3) is 0 Å². The first-order valence-corrected chi connectivity index (χ1v) is 4.85. The second-order valence-electron chi connectivity index (χ2n) is 3.22. The smallest absolute Gasteiger partial charge is 0.240 e. The molecule has 15 heavy (non-hydrogen) atoms. The molecular weight excluding hydrogens is 219 g/mol. The van der Waals surface area contributed by atoms with Gasteiger partial charge in [0.05, 0.1) is 10.7 Å². The highest BCUT2D eigenvalue weighted by molar-refractivity contribution is 6.30. The molecular formula is C10H8ClFN2O. The Labute approximate surface area is 90.9 Å². The molecule has 1 aliphatic heterocycles. The van der Waals surface area contributed by atoms with Crippen molar-refractivity contribution in [2.24, 2.45) is 5.10 Å². The van der Waals surface area contributed by atoms with Crippen LogP contribution in [0, 0.1) is 5.82 Å². The van der Waals surface area contributed by atoms with Crippen molar-refractivity contribution in [1.29, 1.82) is 0 Å². The van der Waals surface area contributed by atoms with Gasteiger partial charge in [0.2, 0.25) is 5.91 Å². The van der Waals surface area contributed by atoms with E-state index in [2.05, 4.69) is 10.5 Å². The maximum absolute atomic E-state index is 13.1. The third-order valence-corrected chi connectivity index (χ3v) is 2.46. The number of hydrazone groups is 1. The molecule has 3 nitrogen and oxygen atoms in total. The normalized spacial score (nSPS) is 15.9. The van der Waals surface area contributed by atoms with Gasteiger partial charge in [-0.15, -0.1) is 0 Å². The van der Waals surface area contributed by atoms with E-state index in [0.29, 0.717) is 24.1 Å². The van der Waals surface area contributed by atoms with Crippen LogP contribution in [-0.4, -0.2) is 11.6 Å². The molecule has 0 spiro atoms. The van der Waals surface area contributed by atoms with E-state index in [9.17, 15) is 9.18 Å². The number of hydrogen-bond acceptors (Lipinski definition) is 2. The summed E-state index contributed by atoms with van der Waals surface area (Å²) in [5.41, 5.74) is 3.68. The lowest BCUT2D eigenvalue weighted by Crippen LogP contribution is -2.25. The number of benzene rings is 1. The van der Waals surface area contributed by atoms with Crippen LogP contribution in [0.4, 0.5) is 4.39 Å². The monoisotopic (exact) mass is 226 g/mol. The molecule has 1 aliphatic rings. The van der Waals surface area contributed by atoms with Gasteiger partial charge < -0.3 is 0 Å². The van der Waals surface area contributed by atoms with Crippen LogP contribution in [0.25, 0.3) is 0 Å². The van der Waals surface area contributed by atoms with Crippen molar-refractivity contribution in [2.75, 3.05) is 0 Å². The molecule has 2 rings (SSSR count). The summed E-state index contributed by atoms with van der Waals surface area (Å²) >= 11 is 5.56. The average molecular weight is 227 g/mol. The molecule has 1 heterocycles. The fraction of sp³-hybridized carbons (Fsp3) is 0.200. The lowest BCUT2D eigenvalue weighted by atomic mass is 10.0. The largest absolute Gasteiger partial charge is 0.273 e. The quantitative estimate of drug-likeness (QED) is 0.783. The molecule has 0 bridgehead atoms. The molecule has 0 fully saturated rings. The number of nitrogens with one attached hydrogen (secondary N) is 1. The number of carbonyl (C=O) groups excluding carboxylic acids is 1. The van der Waals surface area contributed by atoms with E-state index in [1.54, 1.807) is 6.07 Å². The maximum atomic E-state index is 13.1. The molecule has 1 aromatic carbocycles. The summed E-state index contributed by atoms with van der Waals surface area (Å²) in [5, 5.41) is 3.94. The number of rotatable bonds is 1. The van der Waals surface area contributed by atoms with Crippen molar-refractivity contribution in [3.63, 3.8) is 0 Å². The Hall–Kier alpha value is -1.42. The first kappa shape index (κ1) is 10.1. The van der Waals surface area contributed by atoms with Crippen LogP contribution in [0.2, 0.25) is 5.02 Å². The van der Waals surface area contributed by atoms with Crippen molar-refractivity contribution in [2.45, 2.75) is 12.8 Å². The molecule has 0 atom stereocenters. The highest BCUT2D eigenvalue weighted by atomic mass is 35.5. The first-order chi connectivity index (χ1) is 7.16. The van der Waals surface area contributed by atoms with E-state index >= 15 is 0 Å². The first-order valence-electron chi connectivity index (χ1n) is 4.47. The third kappa shape index (κ3) is 2.15. The predicted octanol–water partition coefficient (Wildman–Crippen LogP) is 2.09. The molecule has 0 unspecified atom stereocenters. The molecule has 0 radical (unpaired) electrons. The molecule has 1 N–H and O–H groups in total. The van der Waals surface area contributed by atoms with Crippen LogP contribution in [0.1, 0.15) is 18.4 Å². The summed E-state index contributed by atoms with van der Waals surface area (Å²) in [5.74, 6) is -0.595. The zero-order chi connectivity index (χ0) is 10.8. The Morgan fingerprint density at radius 3 is 2.80 bits per heavy atom. The van der Waals surface area contributed by atoms with E-state index in [4.69, 9.17) is 11.6 Å². The van der Waals surface area contributed by atoms with Gasteiger partial charge >= 0.3 is 0 Å². The second-order valence-corrected chi connectivity index (χ2v) is 3.63. The summed E-state index contributed by atoms with van der Waals surface area (Å²) in [6.45, 7) is 0. The van der Waals surface area contributed by atoms with Gasteiger partial charge in [-0.05, 0) is 12.1 Å². The van der Waals surface area contributed by atoms with Crippen LogP contribution in [0.5, 0.6) is 0 Å². The molecule has 0 saturated carbocycles. The standard InChI is InChI=1S/C10H8ClFN2O/c11-7-2-1-6(5-8(7)12)9-3-4-10(15)14-13-9/h1-2,5H,3-4H2,(H,14,15). The van der Waals surface area contributed by atoms with E-state index in [-0.39, 0.29) is 10.9 Å². The second kappa shape index (κ2) is 3.98. The summed E-state index contributed by atoms with van der Waals surface area (Å²) in [6, 6.07) is 4.48. The fourth-order valence-electron chi connectivity index (χ4n) is 1.36. The molecule has 1 amide bonds. The summed E-state index contributed by atoms with van der Waals surface area (Å²) < 4.78 is 13.1. The van der Waals surface area contributed by atoms with Crippen molar-refractivity contribution < 1.29 is 9.18 Å². The van der Waals surface area contributed by atoms with Gasteiger partial charge in [0, 0.05) is 18.4 Å². The minimum absolute atomic E-state index is 0.0826. The predicted molar refractivity (Wildman–Crippen MR) is 55.3 cm³/mol. The van der Waals surface area contributed by atoms with Gasteiger partial charge in [-0.25, -0.2) is 9.82 Å². The summed E-state index contributed by atoms with van der Waals surface area (Å²) in [6.07, 6.45) is 0.899. The molecule has 0 aliphatic carbocycles. The Morgan fingerprint density at radius 2 is 2.20 bits per heavy atom. The number of nitrogens with zero attached hydrogens (tertiary/aromatic N) is 1. The number of halogens is 2. The lowest BCUT2D eigenvalue weighted by molar-refractivity contribution is -0.121. The Morgan fingerprint density at radius 1 is 1.40 bits per heavy atom. The van der Waals surface area contributed by atoms with Gasteiger partial charge in [-0.3, -0.25) is 4.79 Å². The Balaban J connectivity index is 2.30. The SMILES string of the molecule is O=C1CCC(c2ccc(Cl)c(F)c2)=NN1. The minimum atomic E-state index is -0.478. The van der Waals surface area contributed by atoms with Crippen LogP contribution in [0.15, 0.2) is 23.3 Å². The highest BCUT2D eigenvalue weighted by Gasteiger charge is 2.14. The zero-order valence-electron chi connectivity index (χ0n) is 7.76. The van der Waals surface area contributed by atoms with Crippen LogP contribution < -0.4 is 5.43 Å². The number of amides is 1. The van der Waals surface area contributed by atoms with Crippen molar-refractivity contribution in [3.05, 3.63) is 34.6 Å². The topological polar surface area (TPSA) is 41.5 Å². The Kier molecular flexibility index (Phi) is 2.68. The Bertz CT molecular complexity index is 445. The summed E-state index contributed by atoms with van der Waals surface area (Å²) in [7, 11) is 0. The number of carbonyl (C=O) groups is 1. The van der Waals surface area contributed by atoms with E-state index in [0.717, 1.165) is 0 Å². The molecule has 1 aromatic rings. The van der Waals surface area contributed by atoms with Crippen molar-refractivity contribution >= 4 is 23.2 Å². The van der Waals surface area contributed by atoms with Crippen LogP contribution in [-0.2, 0) is 4.79 Å². The van der Waals surface area contributed by atoms with Gasteiger partial charge in [-0.1, -0.05) is 17.7 Å². The summed E-state index contributed by atoms with van der Waals surface area (Å²) in [4.78, 5) is 10.8. The van der Waals surface area contributed by atoms with E-state index in [1.807, 2.05) is 0 Å². The van der Waals surface area contributed by atoms with Gasteiger partial charge in [0.15, 0.2) is 0 Å². The van der Waals surface area contributed by atoms with Gasteiger partial charge in [0.1, 0.15) is 5.82 Å². The molecule has 0 aromatic heterocycles. The van der Waals surface area contributed by atoms with E-state index in [1.165, 1.54) is 12.1 Å². The molecule has 0 saturated heterocycles. The molecule has 5 heteroatoms. The van der Waals surface area contributed by atoms with Crippen molar-refractivity contribution in [3.8, 4) is 0 Å². The fourth-order valence-corrected chi connectivity index (χ4v) is 1.48.